The lowest BCUT2D eigenvalue weighted by Gasteiger charge is -2.39. The number of hydrogen-bond donors (Lipinski definition) is 1. The van der Waals surface area contributed by atoms with Gasteiger partial charge in [-0.3, -0.25) is 4.90 Å². The fourth-order valence-corrected chi connectivity index (χ4v) is 5.08. The lowest BCUT2D eigenvalue weighted by atomic mass is 10.2. The van der Waals surface area contributed by atoms with E-state index in [0.29, 0.717) is 44.3 Å². The van der Waals surface area contributed by atoms with Gasteiger partial charge in [-0.15, -0.1) is 0 Å². The minimum atomic E-state index is -3.70. The van der Waals surface area contributed by atoms with Crippen LogP contribution in [0.2, 0.25) is 0 Å². The lowest BCUT2D eigenvalue weighted by molar-refractivity contribution is 0.118. The number of imidazole rings is 1. The summed E-state index contributed by atoms with van der Waals surface area (Å²) in [5.41, 5.74) is 0. The maximum atomic E-state index is 13.3. The highest BCUT2D eigenvalue weighted by Gasteiger charge is 2.37. The third-order valence-electron chi connectivity index (χ3n) is 4.84. The number of benzene rings is 1. The van der Waals surface area contributed by atoms with E-state index in [1.165, 1.54) is 4.31 Å². The van der Waals surface area contributed by atoms with Gasteiger partial charge in [-0.05, 0) is 18.7 Å². The van der Waals surface area contributed by atoms with Crippen LogP contribution in [0.5, 0.6) is 11.5 Å². The molecule has 0 saturated carbocycles. The van der Waals surface area contributed by atoms with Crippen molar-refractivity contribution in [3.05, 3.63) is 36.4 Å². The van der Waals surface area contributed by atoms with Crippen LogP contribution in [0.15, 0.2) is 35.5 Å². The summed E-state index contributed by atoms with van der Waals surface area (Å²) in [6.45, 7) is 5.08. The molecule has 4 rings (SSSR count). The number of para-hydroxylation sites is 1. The van der Waals surface area contributed by atoms with Crippen LogP contribution in [0, 0.1) is 0 Å². The van der Waals surface area contributed by atoms with Crippen molar-refractivity contribution < 1.29 is 17.9 Å². The van der Waals surface area contributed by atoms with Crippen LogP contribution >= 0.6 is 0 Å². The smallest absolute Gasteiger partial charge is 0.247 e. The molecule has 8 nitrogen and oxygen atoms in total. The maximum absolute atomic E-state index is 13.3. The van der Waals surface area contributed by atoms with Gasteiger partial charge in [0.25, 0.3) is 0 Å². The average Bonchev–Trinajstić information content (AvgIpc) is 3.21. The zero-order chi connectivity index (χ0) is 18.1. The molecule has 1 atom stereocenters. The Morgan fingerprint density at radius 2 is 2.12 bits per heavy atom. The number of ether oxygens (including phenoxy) is 2. The van der Waals surface area contributed by atoms with E-state index in [4.69, 9.17) is 9.47 Å². The maximum Gasteiger partial charge on any atom is 0.247 e. The Balaban J connectivity index is 1.66. The van der Waals surface area contributed by atoms with Gasteiger partial charge in [0.05, 0.1) is 6.04 Å². The predicted octanol–water partition coefficient (Wildman–Crippen LogP) is 1.25. The first kappa shape index (κ1) is 17.3. The summed E-state index contributed by atoms with van der Waals surface area (Å²) in [5.74, 6) is 1.57. The molecule has 1 fully saturated rings. The summed E-state index contributed by atoms with van der Waals surface area (Å²) in [6, 6.07) is 4.90. The summed E-state index contributed by atoms with van der Waals surface area (Å²) < 4.78 is 39.3. The topological polar surface area (TPSA) is 87.8 Å². The number of nitrogens with one attached hydrogen (secondary N) is 1. The number of rotatable bonds is 4. The Kier molecular flexibility index (Phi) is 4.60. The first-order chi connectivity index (χ1) is 12.6. The zero-order valence-corrected chi connectivity index (χ0v) is 15.4. The number of aromatic nitrogens is 2. The van der Waals surface area contributed by atoms with Crippen LogP contribution in [0.1, 0.15) is 18.8 Å². The molecule has 0 unspecified atom stereocenters. The minimum absolute atomic E-state index is 0.102. The monoisotopic (exact) mass is 378 g/mol. The number of piperazine rings is 1. The summed E-state index contributed by atoms with van der Waals surface area (Å²) in [7, 11) is -3.70. The molecular formula is C17H22N4O4S. The quantitative estimate of drug-likeness (QED) is 0.862. The lowest BCUT2D eigenvalue weighted by Crippen LogP contribution is -2.50. The van der Waals surface area contributed by atoms with Crippen molar-refractivity contribution in [3.63, 3.8) is 0 Å². The zero-order valence-electron chi connectivity index (χ0n) is 14.6. The minimum Gasteiger partial charge on any atom is -0.486 e. The Bertz CT molecular complexity index is 869. The van der Waals surface area contributed by atoms with Crippen molar-refractivity contribution in [1.29, 1.82) is 0 Å². The van der Waals surface area contributed by atoms with Gasteiger partial charge in [-0.1, -0.05) is 13.0 Å². The van der Waals surface area contributed by atoms with Crippen molar-refractivity contribution in [3.8, 4) is 11.5 Å². The third kappa shape index (κ3) is 2.95. The normalized spacial score (nSPS) is 21.7. The van der Waals surface area contributed by atoms with Crippen LogP contribution < -0.4 is 9.47 Å². The second kappa shape index (κ2) is 6.90. The fraction of sp³-hybridized carbons (Fsp3) is 0.471. The van der Waals surface area contributed by atoms with Gasteiger partial charge in [0, 0.05) is 32.0 Å². The highest BCUT2D eigenvalue weighted by Crippen LogP contribution is 2.38. The molecule has 140 valence electrons. The van der Waals surface area contributed by atoms with Gasteiger partial charge < -0.3 is 14.5 Å². The molecule has 26 heavy (non-hydrogen) atoms. The molecule has 1 aromatic heterocycles. The van der Waals surface area contributed by atoms with E-state index in [1.807, 2.05) is 0 Å². The van der Waals surface area contributed by atoms with E-state index in [2.05, 4.69) is 21.8 Å². The average molecular weight is 378 g/mol. The molecule has 1 aromatic carbocycles. The molecule has 0 radical (unpaired) electrons. The van der Waals surface area contributed by atoms with E-state index >= 15 is 0 Å². The van der Waals surface area contributed by atoms with E-state index in [9.17, 15) is 8.42 Å². The molecule has 1 saturated heterocycles. The first-order valence-electron chi connectivity index (χ1n) is 8.73. The van der Waals surface area contributed by atoms with Crippen molar-refractivity contribution >= 4 is 10.0 Å². The van der Waals surface area contributed by atoms with Gasteiger partial charge in [-0.2, -0.15) is 4.31 Å². The molecule has 0 bridgehead atoms. The molecule has 0 amide bonds. The van der Waals surface area contributed by atoms with E-state index < -0.39 is 10.0 Å². The van der Waals surface area contributed by atoms with Gasteiger partial charge in [0.15, 0.2) is 11.5 Å². The Hall–Kier alpha value is -2.10. The number of sulfonamides is 1. The summed E-state index contributed by atoms with van der Waals surface area (Å²) >= 11 is 0. The molecule has 2 aromatic rings. The van der Waals surface area contributed by atoms with E-state index in [1.54, 1.807) is 30.6 Å². The van der Waals surface area contributed by atoms with Crippen molar-refractivity contribution in [2.24, 2.45) is 0 Å². The molecule has 1 N–H and O–H groups in total. The van der Waals surface area contributed by atoms with E-state index in [-0.39, 0.29) is 10.9 Å². The SMILES string of the molecule is CCN1CCN(S(=O)(=O)c2cccc3c2OCCO3)C[C@@H]1c1ncc[nH]1. The summed E-state index contributed by atoms with van der Waals surface area (Å²) in [4.78, 5) is 9.84. The third-order valence-corrected chi connectivity index (χ3v) is 6.73. The largest absolute Gasteiger partial charge is 0.486 e. The molecule has 3 heterocycles. The summed E-state index contributed by atoms with van der Waals surface area (Å²) in [6.07, 6.45) is 3.45. The second-order valence-electron chi connectivity index (χ2n) is 6.26. The van der Waals surface area contributed by atoms with Gasteiger partial charge >= 0.3 is 0 Å². The Morgan fingerprint density at radius 1 is 1.27 bits per heavy atom. The Labute approximate surface area is 152 Å². The molecule has 0 aliphatic carbocycles. The highest BCUT2D eigenvalue weighted by atomic mass is 32.2. The summed E-state index contributed by atoms with van der Waals surface area (Å²) in [5, 5.41) is 0. The van der Waals surface area contributed by atoms with Crippen LogP contribution in [0.25, 0.3) is 0 Å². The number of aromatic amines is 1. The van der Waals surface area contributed by atoms with Gasteiger partial charge in [0.1, 0.15) is 23.9 Å². The van der Waals surface area contributed by atoms with Gasteiger partial charge in [0.2, 0.25) is 10.0 Å². The number of nitrogens with zero attached hydrogens (tertiary/aromatic N) is 3. The number of H-pyrrole nitrogens is 1. The van der Waals surface area contributed by atoms with Crippen molar-refractivity contribution in [2.45, 2.75) is 17.9 Å². The Morgan fingerprint density at radius 3 is 2.88 bits per heavy atom. The fourth-order valence-electron chi connectivity index (χ4n) is 3.50. The van der Waals surface area contributed by atoms with Gasteiger partial charge in [-0.25, -0.2) is 13.4 Å². The molecule has 2 aliphatic rings. The highest BCUT2D eigenvalue weighted by molar-refractivity contribution is 7.89. The van der Waals surface area contributed by atoms with Crippen LogP contribution in [-0.4, -0.2) is 67.0 Å². The first-order valence-corrected chi connectivity index (χ1v) is 10.2. The van der Waals surface area contributed by atoms with Crippen molar-refractivity contribution in [2.75, 3.05) is 39.4 Å². The predicted molar refractivity (Wildman–Crippen MR) is 94.8 cm³/mol. The number of fused-ring (bicyclic) bond motifs is 1. The van der Waals surface area contributed by atoms with Crippen LogP contribution in [0.4, 0.5) is 0 Å². The number of hydrogen-bond acceptors (Lipinski definition) is 6. The molecule has 0 spiro atoms. The van der Waals surface area contributed by atoms with E-state index in [0.717, 1.165) is 12.4 Å². The molecular weight excluding hydrogens is 356 g/mol. The van der Waals surface area contributed by atoms with Crippen molar-refractivity contribution in [1.82, 2.24) is 19.2 Å². The van der Waals surface area contributed by atoms with Crippen LogP contribution in [0.3, 0.4) is 0 Å². The molecule has 2 aliphatic heterocycles. The standard InChI is InChI=1S/C17H22N4O4S/c1-2-20-8-9-21(12-13(20)17-18-6-7-19-17)26(22,23)15-5-3-4-14-16(15)25-11-10-24-14/h3-7,13H,2,8-12H2,1H3,(H,18,19)/t13-/m1/s1. The van der Waals surface area contributed by atoms with Crippen LogP contribution in [-0.2, 0) is 10.0 Å². The second-order valence-corrected chi connectivity index (χ2v) is 8.17. The number of likely N-dealkylation sites (N-methyl/N-ethyl adjacent to an activating group) is 1. The molecule has 9 heteroatoms.